The van der Waals surface area contributed by atoms with E-state index in [-0.39, 0.29) is 30.5 Å². The molecule has 180 valence electrons. The Labute approximate surface area is 188 Å². The fourth-order valence-corrected chi connectivity index (χ4v) is 3.59. The van der Waals surface area contributed by atoms with Gasteiger partial charge in [-0.05, 0) is 57.1 Å². The van der Waals surface area contributed by atoms with E-state index in [4.69, 9.17) is 14.9 Å². The minimum absolute atomic E-state index is 0.0531. The number of halogens is 3. The van der Waals surface area contributed by atoms with Gasteiger partial charge in [-0.25, -0.2) is 4.98 Å². The average Bonchev–Trinajstić information content (AvgIpc) is 3.35. The van der Waals surface area contributed by atoms with Gasteiger partial charge in [0.25, 0.3) is 11.8 Å². The lowest BCUT2D eigenvalue weighted by Crippen LogP contribution is -2.28. The Morgan fingerprint density at radius 3 is 2.58 bits per heavy atom. The van der Waals surface area contributed by atoms with Gasteiger partial charge in [0.1, 0.15) is 17.3 Å². The molecule has 1 aromatic heterocycles. The summed E-state index contributed by atoms with van der Waals surface area (Å²) in [5.41, 5.74) is 5.45. The van der Waals surface area contributed by atoms with Crippen LogP contribution in [0.2, 0.25) is 0 Å². The van der Waals surface area contributed by atoms with Gasteiger partial charge in [0.15, 0.2) is 12.3 Å². The number of likely N-dealkylation sites (tertiary alicyclic amines) is 1. The first-order valence-corrected chi connectivity index (χ1v) is 10.3. The monoisotopic (exact) mass is 470 g/mol. The number of amides is 2. The van der Waals surface area contributed by atoms with Crippen LogP contribution < -0.4 is 20.5 Å². The van der Waals surface area contributed by atoms with Gasteiger partial charge in [0, 0.05) is 12.5 Å². The Bertz CT molecular complexity index is 962. The molecule has 0 radical (unpaired) electrons. The van der Waals surface area contributed by atoms with Crippen molar-refractivity contribution in [3.63, 3.8) is 0 Å². The molecule has 1 fully saturated rings. The third-order valence-corrected chi connectivity index (χ3v) is 5.22. The molecule has 9 nitrogen and oxygen atoms in total. The van der Waals surface area contributed by atoms with Crippen molar-refractivity contribution in [3.8, 4) is 11.5 Å². The molecule has 33 heavy (non-hydrogen) atoms. The molecule has 2 heterocycles. The zero-order chi connectivity index (χ0) is 24.0. The third kappa shape index (κ3) is 7.38. The van der Waals surface area contributed by atoms with Crippen molar-refractivity contribution in [2.75, 3.05) is 20.2 Å². The number of alkyl halides is 3. The third-order valence-electron chi connectivity index (χ3n) is 5.22. The minimum Gasteiger partial charge on any atom is -0.484 e. The molecule has 1 unspecified atom stereocenters. The fraction of sp³-hybridized carbons (Fsp3) is 0.476. The predicted molar refractivity (Wildman–Crippen MR) is 109 cm³/mol. The molecule has 2 aromatic rings. The van der Waals surface area contributed by atoms with E-state index >= 15 is 0 Å². The zero-order valence-electron chi connectivity index (χ0n) is 18.0. The summed E-state index contributed by atoms with van der Waals surface area (Å²) in [7, 11) is 2.06. The van der Waals surface area contributed by atoms with Gasteiger partial charge in [-0.2, -0.15) is 0 Å². The first-order chi connectivity index (χ1) is 15.6. The SMILES string of the molecule is CN1CCCC1CCc1oc(CNC(=O)COc2ccc(OC(F)(F)F)cc2)nc1C(N)=O. The fourth-order valence-electron chi connectivity index (χ4n) is 3.59. The summed E-state index contributed by atoms with van der Waals surface area (Å²) < 4.78 is 51.2. The highest BCUT2D eigenvalue weighted by Gasteiger charge is 2.31. The van der Waals surface area contributed by atoms with E-state index in [1.807, 2.05) is 0 Å². The number of benzene rings is 1. The highest BCUT2D eigenvalue weighted by molar-refractivity contribution is 5.91. The number of nitrogens with two attached hydrogens (primary N) is 1. The molecule has 1 atom stereocenters. The summed E-state index contributed by atoms with van der Waals surface area (Å²) in [6.07, 6.45) is -1.27. The normalized spacial score (nSPS) is 16.5. The highest BCUT2D eigenvalue weighted by atomic mass is 19.4. The molecule has 0 spiro atoms. The van der Waals surface area contributed by atoms with Crippen LogP contribution >= 0.6 is 0 Å². The Morgan fingerprint density at radius 1 is 1.27 bits per heavy atom. The first-order valence-electron chi connectivity index (χ1n) is 10.3. The quantitative estimate of drug-likeness (QED) is 0.547. The van der Waals surface area contributed by atoms with Crippen LogP contribution in [0.1, 0.15) is 41.4 Å². The molecule has 2 amide bonds. The number of nitrogens with zero attached hydrogens (tertiary/aromatic N) is 2. The van der Waals surface area contributed by atoms with Gasteiger partial charge in [-0.3, -0.25) is 9.59 Å². The molecular weight excluding hydrogens is 445 g/mol. The van der Waals surface area contributed by atoms with Crippen LogP contribution in [0.4, 0.5) is 13.2 Å². The van der Waals surface area contributed by atoms with E-state index < -0.39 is 23.9 Å². The number of carbonyl (C=O) groups is 2. The Hall–Kier alpha value is -3.28. The molecule has 12 heteroatoms. The van der Waals surface area contributed by atoms with Gasteiger partial charge in [-0.15, -0.1) is 13.2 Å². The topological polar surface area (TPSA) is 120 Å². The summed E-state index contributed by atoms with van der Waals surface area (Å²) >= 11 is 0. The molecule has 1 aliphatic rings. The van der Waals surface area contributed by atoms with Gasteiger partial charge < -0.3 is 29.8 Å². The Kier molecular flexibility index (Phi) is 7.79. The van der Waals surface area contributed by atoms with Crippen LogP contribution in [0.5, 0.6) is 11.5 Å². The first kappa shape index (κ1) is 24.4. The lowest BCUT2D eigenvalue weighted by molar-refractivity contribution is -0.274. The highest BCUT2D eigenvalue weighted by Crippen LogP contribution is 2.25. The van der Waals surface area contributed by atoms with Crippen LogP contribution in [-0.2, 0) is 17.8 Å². The van der Waals surface area contributed by atoms with Crippen molar-refractivity contribution < 1.29 is 36.7 Å². The second-order valence-corrected chi connectivity index (χ2v) is 7.64. The van der Waals surface area contributed by atoms with E-state index in [9.17, 15) is 22.8 Å². The van der Waals surface area contributed by atoms with Crippen LogP contribution in [-0.4, -0.2) is 54.3 Å². The number of aromatic nitrogens is 1. The maximum absolute atomic E-state index is 12.2. The van der Waals surface area contributed by atoms with Crippen molar-refractivity contribution in [2.24, 2.45) is 5.73 Å². The smallest absolute Gasteiger partial charge is 0.484 e. The van der Waals surface area contributed by atoms with Gasteiger partial charge in [0.05, 0.1) is 6.54 Å². The van der Waals surface area contributed by atoms with E-state index in [0.29, 0.717) is 18.2 Å². The molecule has 1 aromatic carbocycles. The van der Waals surface area contributed by atoms with Crippen molar-refractivity contribution in [3.05, 3.63) is 41.6 Å². The largest absolute Gasteiger partial charge is 0.573 e. The molecule has 0 bridgehead atoms. The summed E-state index contributed by atoms with van der Waals surface area (Å²) in [5, 5.41) is 2.54. The number of hydrogen-bond acceptors (Lipinski definition) is 7. The Morgan fingerprint density at radius 2 is 1.97 bits per heavy atom. The van der Waals surface area contributed by atoms with E-state index in [2.05, 4.69) is 27.0 Å². The number of nitrogens with one attached hydrogen (secondary N) is 1. The lowest BCUT2D eigenvalue weighted by Gasteiger charge is -2.18. The summed E-state index contributed by atoms with van der Waals surface area (Å²) in [4.78, 5) is 30.1. The van der Waals surface area contributed by atoms with Gasteiger partial charge in [0.2, 0.25) is 5.89 Å². The number of ether oxygens (including phenoxy) is 2. The lowest BCUT2D eigenvalue weighted by atomic mass is 10.1. The molecular formula is C21H25F3N4O5. The number of oxazole rings is 1. The van der Waals surface area contributed by atoms with Crippen LogP contribution in [0, 0.1) is 0 Å². The van der Waals surface area contributed by atoms with Gasteiger partial charge in [-0.1, -0.05) is 0 Å². The van der Waals surface area contributed by atoms with Crippen molar-refractivity contribution >= 4 is 11.8 Å². The number of carbonyl (C=O) groups excluding carboxylic acids is 2. The predicted octanol–water partition coefficient (Wildman–Crippen LogP) is 2.39. The second-order valence-electron chi connectivity index (χ2n) is 7.64. The molecule has 0 saturated carbocycles. The summed E-state index contributed by atoms with van der Waals surface area (Å²) in [6.45, 7) is 0.572. The van der Waals surface area contributed by atoms with Crippen molar-refractivity contribution in [2.45, 2.75) is 44.6 Å². The summed E-state index contributed by atoms with van der Waals surface area (Å²) in [5.74, 6) is -0.897. The molecule has 3 N–H and O–H groups in total. The second kappa shape index (κ2) is 10.6. The zero-order valence-corrected chi connectivity index (χ0v) is 18.0. The summed E-state index contributed by atoms with van der Waals surface area (Å²) in [6, 6.07) is 5.05. The molecule has 1 saturated heterocycles. The molecule has 0 aliphatic carbocycles. The van der Waals surface area contributed by atoms with Crippen LogP contribution in [0.3, 0.4) is 0 Å². The van der Waals surface area contributed by atoms with Crippen molar-refractivity contribution in [1.82, 2.24) is 15.2 Å². The van der Waals surface area contributed by atoms with Crippen LogP contribution in [0.15, 0.2) is 28.7 Å². The number of aryl methyl sites for hydroxylation is 1. The number of primary amides is 1. The number of rotatable bonds is 10. The molecule has 3 rings (SSSR count). The number of hydrogen-bond donors (Lipinski definition) is 2. The maximum atomic E-state index is 12.2. The van der Waals surface area contributed by atoms with E-state index in [1.54, 1.807) is 0 Å². The molecule has 1 aliphatic heterocycles. The maximum Gasteiger partial charge on any atom is 0.573 e. The van der Waals surface area contributed by atoms with Gasteiger partial charge >= 0.3 is 6.36 Å². The average molecular weight is 470 g/mol. The van der Waals surface area contributed by atoms with E-state index in [1.165, 1.54) is 12.1 Å². The minimum atomic E-state index is -4.79. The standard InChI is InChI=1S/C21H25F3N4O5/c1-28-10-2-3-13(28)4-9-16-19(20(25)30)27-18(32-16)11-26-17(29)12-31-14-5-7-15(8-6-14)33-21(22,23)24/h5-8,13H,2-4,9-12H2,1H3,(H2,25,30)(H,26,29). The van der Waals surface area contributed by atoms with Crippen LogP contribution in [0.25, 0.3) is 0 Å². The van der Waals surface area contributed by atoms with Crippen molar-refractivity contribution in [1.29, 1.82) is 0 Å². The Balaban J connectivity index is 1.47. The van der Waals surface area contributed by atoms with E-state index in [0.717, 1.165) is 37.9 Å².